The molecule has 19 heavy (non-hydrogen) atoms. The van der Waals surface area contributed by atoms with Gasteiger partial charge in [-0.05, 0) is 18.0 Å². The van der Waals surface area contributed by atoms with E-state index in [0.29, 0.717) is 6.61 Å². The van der Waals surface area contributed by atoms with Crippen LogP contribution in [0, 0.1) is 5.41 Å². The molecule has 1 atom stereocenters. The van der Waals surface area contributed by atoms with Crippen molar-refractivity contribution in [1.82, 2.24) is 5.32 Å². The van der Waals surface area contributed by atoms with E-state index in [9.17, 15) is 0 Å². The Bertz CT molecular complexity index is 371. The summed E-state index contributed by atoms with van der Waals surface area (Å²) in [5, 5.41) is 3.45. The number of hydrogen-bond acceptors (Lipinski definition) is 3. The molecule has 0 fully saturated rings. The summed E-state index contributed by atoms with van der Waals surface area (Å²) in [5.74, 6) is 0.910. The van der Waals surface area contributed by atoms with Gasteiger partial charge in [0.2, 0.25) is 0 Å². The second-order valence-electron chi connectivity index (χ2n) is 5.93. The van der Waals surface area contributed by atoms with Gasteiger partial charge in [0.15, 0.2) is 0 Å². The monoisotopic (exact) mass is 265 g/mol. The molecule has 108 valence electrons. The predicted octanol–water partition coefficient (Wildman–Crippen LogP) is 3.41. The van der Waals surface area contributed by atoms with Crippen molar-refractivity contribution in [3.05, 3.63) is 29.8 Å². The summed E-state index contributed by atoms with van der Waals surface area (Å²) in [6.45, 7) is 11.0. The normalized spacial score (nSPS) is 13.3. The number of methoxy groups -OCH3 is 1. The van der Waals surface area contributed by atoms with Crippen LogP contribution in [0.1, 0.15) is 39.3 Å². The zero-order valence-corrected chi connectivity index (χ0v) is 12.8. The lowest BCUT2D eigenvalue weighted by Gasteiger charge is -2.24. The van der Waals surface area contributed by atoms with Gasteiger partial charge in [-0.1, -0.05) is 45.9 Å². The summed E-state index contributed by atoms with van der Waals surface area (Å²) >= 11 is 0. The maximum absolute atomic E-state index is 5.85. The third-order valence-corrected chi connectivity index (χ3v) is 2.78. The molecule has 0 saturated carbocycles. The fourth-order valence-electron chi connectivity index (χ4n) is 1.94. The molecule has 0 unspecified atom stereocenters. The highest BCUT2D eigenvalue weighted by Crippen LogP contribution is 2.25. The van der Waals surface area contributed by atoms with Crippen LogP contribution in [-0.4, -0.2) is 26.9 Å². The molecule has 0 amide bonds. The minimum Gasteiger partial charge on any atom is -0.496 e. The Morgan fingerprint density at radius 3 is 2.47 bits per heavy atom. The van der Waals surface area contributed by atoms with Gasteiger partial charge < -0.3 is 14.8 Å². The number of hydrogen-bond donors (Lipinski definition) is 1. The first kappa shape index (κ1) is 16.0. The van der Waals surface area contributed by atoms with Gasteiger partial charge in [0, 0.05) is 5.56 Å². The minimum absolute atomic E-state index is 0.170. The van der Waals surface area contributed by atoms with Crippen LogP contribution in [0.25, 0.3) is 0 Å². The summed E-state index contributed by atoms with van der Waals surface area (Å²) in [6, 6.07) is 8.27. The zero-order valence-electron chi connectivity index (χ0n) is 12.8. The molecule has 0 bridgehead atoms. The summed E-state index contributed by atoms with van der Waals surface area (Å²) in [4.78, 5) is 0. The molecule has 0 spiro atoms. The van der Waals surface area contributed by atoms with Gasteiger partial charge in [-0.2, -0.15) is 0 Å². The molecule has 1 aromatic rings. The van der Waals surface area contributed by atoms with Crippen molar-refractivity contribution in [2.45, 2.75) is 33.7 Å². The molecular formula is C16H27NO2. The first-order valence-corrected chi connectivity index (χ1v) is 6.92. The Morgan fingerprint density at radius 1 is 1.21 bits per heavy atom. The van der Waals surface area contributed by atoms with Gasteiger partial charge in [0.05, 0.1) is 26.4 Å². The predicted molar refractivity (Wildman–Crippen MR) is 79.7 cm³/mol. The molecule has 0 heterocycles. The summed E-state index contributed by atoms with van der Waals surface area (Å²) in [5.41, 5.74) is 1.35. The Morgan fingerprint density at radius 2 is 1.89 bits per heavy atom. The number of rotatable bonds is 7. The molecule has 1 N–H and O–H groups in total. The van der Waals surface area contributed by atoms with E-state index in [2.05, 4.69) is 39.1 Å². The third kappa shape index (κ3) is 5.62. The largest absolute Gasteiger partial charge is 0.496 e. The van der Waals surface area contributed by atoms with E-state index in [1.165, 1.54) is 0 Å². The van der Waals surface area contributed by atoms with E-state index in [4.69, 9.17) is 9.47 Å². The third-order valence-electron chi connectivity index (χ3n) is 2.78. The molecule has 3 nitrogen and oxygen atoms in total. The standard InChI is InChI=1S/C16H27NO2/c1-6-17-14(11-19-12-16(2,3)4)13-9-7-8-10-15(13)18-5/h7-10,14,17H,6,11-12H2,1-5H3/t14-/m1/s1. The highest BCUT2D eigenvalue weighted by Gasteiger charge is 2.17. The summed E-state index contributed by atoms with van der Waals surface area (Å²) in [6.07, 6.45) is 0. The van der Waals surface area contributed by atoms with Gasteiger partial charge in [0.25, 0.3) is 0 Å². The van der Waals surface area contributed by atoms with Crippen molar-refractivity contribution in [2.24, 2.45) is 5.41 Å². The lowest BCUT2D eigenvalue weighted by Crippen LogP contribution is -2.27. The van der Waals surface area contributed by atoms with E-state index in [0.717, 1.165) is 24.5 Å². The number of benzene rings is 1. The maximum atomic E-state index is 5.85. The molecule has 0 saturated heterocycles. The van der Waals surface area contributed by atoms with E-state index in [-0.39, 0.29) is 11.5 Å². The Hall–Kier alpha value is -1.06. The fraction of sp³-hybridized carbons (Fsp3) is 0.625. The van der Waals surface area contributed by atoms with E-state index in [1.54, 1.807) is 7.11 Å². The first-order chi connectivity index (χ1) is 8.98. The second kappa shape index (κ2) is 7.51. The molecular weight excluding hydrogens is 238 g/mol. The first-order valence-electron chi connectivity index (χ1n) is 6.92. The van der Waals surface area contributed by atoms with Crippen LogP contribution in [0.2, 0.25) is 0 Å². The zero-order chi connectivity index (χ0) is 14.3. The average molecular weight is 265 g/mol. The number of para-hydroxylation sites is 1. The highest BCUT2D eigenvalue weighted by atomic mass is 16.5. The maximum Gasteiger partial charge on any atom is 0.123 e. The molecule has 0 aliphatic rings. The Kier molecular flexibility index (Phi) is 6.32. The molecule has 0 aliphatic carbocycles. The smallest absolute Gasteiger partial charge is 0.123 e. The van der Waals surface area contributed by atoms with Crippen LogP contribution in [0.15, 0.2) is 24.3 Å². The Labute approximate surface area is 117 Å². The van der Waals surface area contributed by atoms with Crippen LogP contribution >= 0.6 is 0 Å². The van der Waals surface area contributed by atoms with Gasteiger partial charge in [-0.25, -0.2) is 0 Å². The van der Waals surface area contributed by atoms with Crippen LogP contribution in [-0.2, 0) is 4.74 Å². The van der Waals surface area contributed by atoms with E-state index in [1.807, 2.05) is 18.2 Å². The molecule has 0 aliphatic heterocycles. The number of likely N-dealkylation sites (N-methyl/N-ethyl adjacent to an activating group) is 1. The highest BCUT2D eigenvalue weighted by molar-refractivity contribution is 5.35. The molecule has 3 heteroatoms. The number of ether oxygens (including phenoxy) is 2. The molecule has 0 aromatic heterocycles. The molecule has 1 aromatic carbocycles. The SMILES string of the molecule is CCN[C@H](COCC(C)(C)C)c1ccccc1OC. The second-order valence-corrected chi connectivity index (χ2v) is 5.93. The molecule has 1 rings (SSSR count). The lowest BCUT2D eigenvalue weighted by molar-refractivity contribution is 0.0561. The van der Waals surface area contributed by atoms with Crippen molar-refractivity contribution >= 4 is 0 Å². The minimum atomic E-state index is 0.170. The molecule has 0 radical (unpaired) electrons. The summed E-state index contributed by atoms with van der Waals surface area (Å²) in [7, 11) is 1.71. The van der Waals surface area contributed by atoms with E-state index >= 15 is 0 Å². The van der Waals surface area contributed by atoms with Crippen LogP contribution in [0.4, 0.5) is 0 Å². The van der Waals surface area contributed by atoms with Crippen LogP contribution in [0.5, 0.6) is 5.75 Å². The van der Waals surface area contributed by atoms with Gasteiger partial charge in [-0.3, -0.25) is 0 Å². The van der Waals surface area contributed by atoms with Gasteiger partial charge in [0.1, 0.15) is 5.75 Å². The topological polar surface area (TPSA) is 30.5 Å². The fourth-order valence-corrected chi connectivity index (χ4v) is 1.94. The average Bonchev–Trinajstić information content (AvgIpc) is 2.36. The van der Waals surface area contributed by atoms with Gasteiger partial charge in [-0.15, -0.1) is 0 Å². The van der Waals surface area contributed by atoms with Crippen molar-refractivity contribution in [3.8, 4) is 5.75 Å². The van der Waals surface area contributed by atoms with Crippen molar-refractivity contribution < 1.29 is 9.47 Å². The van der Waals surface area contributed by atoms with Crippen LogP contribution < -0.4 is 10.1 Å². The van der Waals surface area contributed by atoms with Gasteiger partial charge >= 0.3 is 0 Å². The quantitative estimate of drug-likeness (QED) is 0.819. The summed E-state index contributed by atoms with van der Waals surface area (Å²) < 4.78 is 11.3. The number of nitrogens with one attached hydrogen (secondary N) is 1. The van der Waals surface area contributed by atoms with Crippen molar-refractivity contribution in [2.75, 3.05) is 26.9 Å². The van der Waals surface area contributed by atoms with E-state index < -0.39 is 0 Å². The van der Waals surface area contributed by atoms with Crippen LogP contribution in [0.3, 0.4) is 0 Å². The van der Waals surface area contributed by atoms with Crippen molar-refractivity contribution in [1.29, 1.82) is 0 Å². The van der Waals surface area contributed by atoms with Crippen molar-refractivity contribution in [3.63, 3.8) is 0 Å². The lowest BCUT2D eigenvalue weighted by atomic mass is 9.98. The Balaban J connectivity index is 2.71.